The SMILES string of the molecule is CCC1=CC(Cc2c[nH]c(=S)[nH]2)CC1. The fourth-order valence-electron chi connectivity index (χ4n) is 2.09. The van der Waals surface area contributed by atoms with Crippen LogP contribution in [0.25, 0.3) is 0 Å². The minimum absolute atomic E-state index is 0.714. The number of hydrogen-bond donors (Lipinski definition) is 2. The Morgan fingerprint density at radius 1 is 1.57 bits per heavy atom. The van der Waals surface area contributed by atoms with E-state index in [2.05, 4.69) is 23.0 Å². The molecule has 0 aromatic carbocycles. The first-order valence-corrected chi connectivity index (χ1v) is 5.65. The van der Waals surface area contributed by atoms with Gasteiger partial charge in [-0.25, -0.2) is 0 Å². The highest BCUT2D eigenvalue weighted by Crippen LogP contribution is 2.28. The van der Waals surface area contributed by atoms with Crippen molar-refractivity contribution in [2.75, 3.05) is 0 Å². The normalized spacial score (nSPS) is 21.2. The Morgan fingerprint density at radius 2 is 2.43 bits per heavy atom. The van der Waals surface area contributed by atoms with Crippen molar-refractivity contribution in [1.29, 1.82) is 0 Å². The number of hydrogen-bond acceptors (Lipinski definition) is 1. The minimum atomic E-state index is 0.714. The first kappa shape index (κ1) is 9.71. The van der Waals surface area contributed by atoms with Crippen LogP contribution in [0, 0.1) is 10.7 Å². The molecule has 2 rings (SSSR count). The largest absolute Gasteiger partial charge is 0.337 e. The molecule has 0 fully saturated rings. The second-order valence-corrected chi connectivity index (χ2v) is 4.36. The number of H-pyrrole nitrogens is 2. The maximum atomic E-state index is 4.99. The Labute approximate surface area is 89.4 Å². The van der Waals surface area contributed by atoms with Crippen LogP contribution in [-0.2, 0) is 6.42 Å². The standard InChI is InChI=1S/C11H16N2S/c1-2-8-3-4-9(5-8)6-10-7-12-11(14)13-10/h5,7,9H,2-4,6H2,1H3,(H2,12,13,14). The van der Waals surface area contributed by atoms with Gasteiger partial charge in [0.15, 0.2) is 4.77 Å². The van der Waals surface area contributed by atoms with Crippen molar-refractivity contribution in [3.8, 4) is 0 Å². The molecule has 1 atom stereocenters. The number of aromatic nitrogens is 2. The van der Waals surface area contributed by atoms with Crippen LogP contribution in [0.2, 0.25) is 0 Å². The highest BCUT2D eigenvalue weighted by atomic mass is 32.1. The van der Waals surface area contributed by atoms with Crippen molar-refractivity contribution in [2.45, 2.75) is 32.6 Å². The second-order valence-electron chi connectivity index (χ2n) is 3.95. The van der Waals surface area contributed by atoms with Crippen LogP contribution < -0.4 is 0 Å². The Hall–Kier alpha value is -0.830. The Balaban J connectivity index is 1.99. The van der Waals surface area contributed by atoms with Gasteiger partial charge in [-0.05, 0) is 43.8 Å². The van der Waals surface area contributed by atoms with Crippen LogP contribution in [-0.4, -0.2) is 9.97 Å². The van der Waals surface area contributed by atoms with E-state index in [0.29, 0.717) is 5.92 Å². The molecular formula is C11H16N2S. The molecule has 14 heavy (non-hydrogen) atoms. The average molecular weight is 208 g/mol. The molecule has 76 valence electrons. The lowest BCUT2D eigenvalue weighted by molar-refractivity contribution is 0.619. The highest BCUT2D eigenvalue weighted by Gasteiger charge is 2.15. The van der Waals surface area contributed by atoms with E-state index in [1.54, 1.807) is 5.57 Å². The van der Waals surface area contributed by atoms with Crippen LogP contribution in [0.5, 0.6) is 0 Å². The molecule has 0 amide bonds. The van der Waals surface area contributed by atoms with Gasteiger partial charge in [0.05, 0.1) is 0 Å². The topological polar surface area (TPSA) is 31.6 Å². The quantitative estimate of drug-likeness (QED) is 0.579. The first-order chi connectivity index (χ1) is 6.78. The van der Waals surface area contributed by atoms with E-state index in [1.165, 1.54) is 25.0 Å². The number of rotatable bonds is 3. The molecule has 1 aromatic rings. The molecule has 0 radical (unpaired) electrons. The zero-order valence-corrected chi connectivity index (χ0v) is 9.29. The molecule has 1 unspecified atom stereocenters. The maximum Gasteiger partial charge on any atom is 0.174 e. The summed E-state index contributed by atoms with van der Waals surface area (Å²) in [6, 6.07) is 0. The van der Waals surface area contributed by atoms with Crippen LogP contribution in [0.3, 0.4) is 0 Å². The third kappa shape index (κ3) is 2.15. The summed E-state index contributed by atoms with van der Waals surface area (Å²) in [5.41, 5.74) is 2.85. The number of allylic oxidation sites excluding steroid dienone is 2. The van der Waals surface area contributed by atoms with E-state index in [-0.39, 0.29) is 0 Å². The zero-order valence-electron chi connectivity index (χ0n) is 8.47. The van der Waals surface area contributed by atoms with Crippen molar-refractivity contribution in [2.24, 2.45) is 5.92 Å². The fraction of sp³-hybridized carbons (Fsp3) is 0.545. The molecule has 1 heterocycles. The van der Waals surface area contributed by atoms with E-state index in [1.807, 2.05) is 6.20 Å². The van der Waals surface area contributed by atoms with Gasteiger partial charge >= 0.3 is 0 Å². The number of aromatic amines is 2. The maximum absolute atomic E-state index is 4.99. The molecule has 0 saturated carbocycles. The summed E-state index contributed by atoms with van der Waals surface area (Å²) in [5, 5.41) is 0. The van der Waals surface area contributed by atoms with Crippen molar-refractivity contribution >= 4 is 12.2 Å². The number of nitrogens with one attached hydrogen (secondary N) is 2. The Kier molecular flexibility index (Phi) is 2.87. The van der Waals surface area contributed by atoms with E-state index >= 15 is 0 Å². The van der Waals surface area contributed by atoms with Crippen LogP contribution in [0.4, 0.5) is 0 Å². The lowest BCUT2D eigenvalue weighted by Crippen LogP contribution is -1.97. The average Bonchev–Trinajstić information content (AvgIpc) is 2.76. The smallest absolute Gasteiger partial charge is 0.174 e. The van der Waals surface area contributed by atoms with Gasteiger partial charge in [-0.1, -0.05) is 18.6 Å². The van der Waals surface area contributed by atoms with Gasteiger partial charge in [-0.2, -0.15) is 0 Å². The van der Waals surface area contributed by atoms with Gasteiger partial charge in [0.2, 0.25) is 0 Å². The molecule has 2 nitrogen and oxygen atoms in total. The molecule has 0 bridgehead atoms. The van der Waals surface area contributed by atoms with Crippen molar-refractivity contribution in [3.63, 3.8) is 0 Å². The molecule has 1 aromatic heterocycles. The fourth-order valence-corrected chi connectivity index (χ4v) is 2.28. The zero-order chi connectivity index (χ0) is 9.97. The molecule has 1 aliphatic carbocycles. The summed E-state index contributed by atoms with van der Waals surface area (Å²) in [6.07, 6.45) is 9.31. The van der Waals surface area contributed by atoms with E-state index in [9.17, 15) is 0 Å². The van der Waals surface area contributed by atoms with Crippen molar-refractivity contribution in [3.05, 3.63) is 28.3 Å². The molecular weight excluding hydrogens is 192 g/mol. The summed E-state index contributed by atoms with van der Waals surface area (Å²) < 4.78 is 0.734. The van der Waals surface area contributed by atoms with Crippen LogP contribution in [0.1, 0.15) is 31.9 Å². The second kappa shape index (κ2) is 4.13. The number of imidazole rings is 1. The van der Waals surface area contributed by atoms with Crippen LogP contribution >= 0.6 is 12.2 Å². The molecule has 0 saturated heterocycles. The van der Waals surface area contributed by atoms with Gasteiger partial charge in [0.25, 0.3) is 0 Å². The Morgan fingerprint density at radius 3 is 3.00 bits per heavy atom. The summed E-state index contributed by atoms with van der Waals surface area (Å²) in [4.78, 5) is 6.17. The lowest BCUT2D eigenvalue weighted by Gasteiger charge is -2.03. The van der Waals surface area contributed by atoms with Gasteiger partial charge in [0, 0.05) is 11.9 Å². The summed E-state index contributed by atoms with van der Waals surface area (Å²) >= 11 is 4.99. The summed E-state index contributed by atoms with van der Waals surface area (Å²) in [7, 11) is 0. The van der Waals surface area contributed by atoms with Crippen molar-refractivity contribution in [1.82, 2.24) is 9.97 Å². The van der Waals surface area contributed by atoms with Crippen LogP contribution in [0.15, 0.2) is 17.8 Å². The predicted molar refractivity (Wildman–Crippen MR) is 60.8 cm³/mol. The Bertz CT molecular complexity index is 386. The van der Waals surface area contributed by atoms with Gasteiger partial charge < -0.3 is 9.97 Å². The third-order valence-electron chi connectivity index (χ3n) is 2.90. The summed E-state index contributed by atoms with van der Waals surface area (Å²) in [5.74, 6) is 0.714. The molecule has 1 aliphatic rings. The third-order valence-corrected chi connectivity index (χ3v) is 3.12. The molecule has 2 N–H and O–H groups in total. The predicted octanol–water partition coefficient (Wildman–Crippen LogP) is 3.36. The van der Waals surface area contributed by atoms with Gasteiger partial charge in [-0.15, -0.1) is 0 Å². The minimum Gasteiger partial charge on any atom is -0.337 e. The monoisotopic (exact) mass is 208 g/mol. The molecule has 3 heteroatoms. The summed E-state index contributed by atoms with van der Waals surface area (Å²) in [6.45, 7) is 2.23. The molecule has 0 aliphatic heterocycles. The first-order valence-electron chi connectivity index (χ1n) is 5.24. The molecule has 0 spiro atoms. The van der Waals surface area contributed by atoms with Gasteiger partial charge in [0.1, 0.15) is 0 Å². The van der Waals surface area contributed by atoms with Crippen molar-refractivity contribution < 1.29 is 0 Å². The highest BCUT2D eigenvalue weighted by molar-refractivity contribution is 7.71. The lowest BCUT2D eigenvalue weighted by atomic mass is 10.0. The van der Waals surface area contributed by atoms with E-state index in [0.717, 1.165) is 11.2 Å². The van der Waals surface area contributed by atoms with Gasteiger partial charge in [-0.3, -0.25) is 0 Å². The van der Waals surface area contributed by atoms with E-state index in [4.69, 9.17) is 12.2 Å². The van der Waals surface area contributed by atoms with E-state index < -0.39 is 0 Å².